The average molecular weight is 453 g/mol. The summed E-state index contributed by atoms with van der Waals surface area (Å²) in [5, 5.41) is 9.88. The maximum absolute atomic E-state index is 14.7. The van der Waals surface area contributed by atoms with E-state index in [1.807, 2.05) is 0 Å². The molecule has 172 valence electrons. The molecule has 0 saturated heterocycles. The van der Waals surface area contributed by atoms with Crippen molar-refractivity contribution in [3.05, 3.63) is 94.1 Å². The van der Waals surface area contributed by atoms with Gasteiger partial charge in [-0.25, -0.2) is 18.8 Å². The molecule has 7 nitrogen and oxygen atoms in total. The van der Waals surface area contributed by atoms with E-state index in [1.165, 1.54) is 18.2 Å². The van der Waals surface area contributed by atoms with Crippen LogP contribution in [0.3, 0.4) is 0 Å². The standard InChI is InChI=1S/C25H24FNO6/c1-15-20(23(28)29)22(18-11-7-8-12-19(18)26)21(16(2)27(15)3)25(31)33-14-13-32-24(30)17-9-5-4-6-10-17/h4-12,22H,13-14H2,1-3H3,(H,28,29). The van der Waals surface area contributed by atoms with Crippen LogP contribution in [0.15, 0.2) is 77.1 Å². The first-order valence-electron chi connectivity index (χ1n) is 10.3. The van der Waals surface area contributed by atoms with E-state index in [0.717, 1.165) is 0 Å². The molecule has 0 aromatic heterocycles. The molecule has 0 aliphatic carbocycles. The number of carbonyl (C=O) groups is 3. The summed E-state index contributed by atoms with van der Waals surface area (Å²) in [6, 6.07) is 14.1. The summed E-state index contributed by atoms with van der Waals surface area (Å²) in [4.78, 5) is 38.7. The first-order chi connectivity index (χ1) is 15.7. The largest absolute Gasteiger partial charge is 0.478 e. The van der Waals surface area contributed by atoms with Crippen LogP contribution in [-0.4, -0.2) is 48.2 Å². The van der Waals surface area contributed by atoms with E-state index in [-0.39, 0.29) is 29.9 Å². The normalized spacial score (nSPS) is 16.0. The molecule has 2 aromatic rings. The number of carboxylic acids is 1. The minimum atomic E-state index is -1.26. The molecule has 2 aromatic carbocycles. The number of carbonyl (C=O) groups excluding carboxylic acids is 2. The average Bonchev–Trinajstić information content (AvgIpc) is 2.80. The summed E-state index contributed by atoms with van der Waals surface area (Å²) in [6.45, 7) is 2.81. The van der Waals surface area contributed by atoms with Crippen LogP contribution in [-0.2, 0) is 19.1 Å². The van der Waals surface area contributed by atoms with Crippen LogP contribution in [0.4, 0.5) is 4.39 Å². The van der Waals surface area contributed by atoms with Gasteiger partial charge in [0.1, 0.15) is 19.0 Å². The van der Waals surface area contributed by atoms with E-state index in [4.69, 9.17) is 9.47 Å². The molecule has 1 N–H and O–H groups in total. The highest BCUT2D eigenvalue weighted by atomic mass is 19.1. The van der Waals surface area contributed by atoms with Gasteiger partial charge in [-0.1, -0.05) is 36.4 Å². The maximum atomic E-state index is 14.7. The summed E-state index contributed by atoms with van der Waals surface area (Å²) in [5.74, 6) is -4.42. The fraction of sp³-hybridized carbons (Fsp3) is 0.240. The number of rotatable bonds is 7. The molecule has 1 heterocycles. The van der Waals surface area contributed by atoms with Crippen LogP contribution in [0.2, 0.25) is 0 Å². The van der Waals surface area contributed by atoms with Gasteiger partial charge in [-0.2, -0.15) is 0 Å². The number of hydrogen-bond donors (Lipinski definition) is 1. The van der Waals surface area contributed by atoms with Crippen molar-refractivity contribution >= 4 is 17.9 Å². The number of ether oxygens (including phenoxy) is 2. The summed E-state index contributed by atoms with van der Waals surface area (Å²) >= 11 is 0. The molecule has 0 bridgehead atoms. The molecule has 33 heavy (non-hydrogen) atoms. The van der Waals surface area contributed by atoms with Gasteiger partial charge in [-0.15, -0.1) is 0 Å². The molecule has 1 aliphatic rings. The lowest BCUT2D eigenvalue weighted by molar-refractivity contribution is -0.140. The first kappa shape index (κ1) is 23.7. The van der Waals surface area contributed by atoms with Gasteiger partial charge < -0.3 is 19.5 Å². The number of aliphatic carboxylic acids is 1. The second kappa shape index (κ2) is 10.1. The maximum Gasteiger partial charge on any atom is 0.338 e. The highest BCUT2D eigenvalue weighted by molar-refractivity contribution is 5.99. The minimum absolute atomic E-state index is 0.0139. The topological polar surface area (TPSA) is 93.1 Å². The molecule has 0 amide bonds. The molecule has 0 spiro atoms. The van der Waals surface area contributed by atoms with Crippen LogP contribution < -0.4 is 0 Å². The first-order valence-corrected chi connectivity index (χ1v) is 10.3. The van der Waals surface area contributed by atoms with Crippen molar-refractivity contribution in [1.29, 1.82) is 0 Å². The second-order valence-corrected chi connectivity index (χ2v) is 7.45. The fourth-order valence-corrected chi connectivity index (χ4v) is 3.74. The number of nitrogens with zero attached hydrogens (tertiary/aromatic N) is 1. The van der Waals surface area contributed by atoms with E-state index in [0.29, 0.717) is 17.0 Å². The second-order valence-electron chi connectivity index (χ2n) is 7.45. The molecule has 0 saturated carbocycles. The summed E-state index contributed by atoms with van der Waals surface area (Å²) in [6.07, 6.45) is 0. The zero-order valence-electron chi connectivity index (χ0n) is 18.5. The van der Waals surface area contributed by atoms with Gasteiger partial charge in [0.2, 0.25) is 0 Å². The lowest BCUT2D eigenvalue weighted by atomic mass is 9.79. The lowest BCUT2D eigenvalue weighted by Crippen LogP contribution is -2.33. The number of carboxylic acid groups (broad SMARTS) is 1. The molecular formula is C25H24FNO6. The number of allylic oxidation sites excluding steroid dienone is 2. The molecule has 0 radical (unpaired) electrons. The summed E-state index contributed by atoms with van der Waals surface area (Å²) < 4.78 is 25.1. The van der Waals surface area contributed by atoms with Crippen molar-refractivity contribution in [3.8, 4) is 0 Å². The van der Waals surface area contributed by atoms with Crippen molar-refractivity contribution in [2.24, 2.45) is 0 Å². The van der Waals surface area contributed by atoms with Crippen molar-refractivity contribution in [2.45, 2.75) is 19.8 Å². The van der Waals surface area contributed by atoms with E-state index in [1.54, 1.807) is 62.2 Å². The molecule has 8 heteroatoms. The predicted octanol–water partition coefficient (Wildman–Crippen LogP) is 3.89. The van der Waals surface area contributed by atoms with E-state index in [9.17, 15) is 23.9 Å². The van der Waals surface area contributed by atoms with Gasteiger partial charge in [0, 0.05) is 24.0 Å². The monoisotopic (exact) mass is 453 g/mol. The highest BCUT2D eigenvalue weighted by Gasteiger charge is 2.40. The Hall–Kier alpha value is -3.94. The Morgan fingerprint density at radius 2 is 1.42 bits per heavy atom. The summed E-state index contributed by atoms with van der Waals surface area (Å²) in [5.41, 5.74) is 1.15. The number of benzene rings is 2. The molecule has 0 fully saturated rings. The van der Waals surface area contributed by atoms with Gasteiger partial charge in [0.05, 0.1) is 22.6 Å². The minimum Gasteiger partial charge on any atom is -0.478 e. The molecular weight excluding hydrogens is 429 g/mol. The van der Waals surface area contributed by atoms with E-state index >= 15 is 0 Å². The number of esters is 2. The Balaban J connectivity index is 1.82. The third kappa shape index (κ3) is 4.95. The smallest absolute Gasteiger partial charge is 0.338 e. The number of halogens is 1. The molecule has 1 aliphatic heterocycles. The quantitative estimate of drug-likeness (QED) is 0.502. The van der Waals surface area contributed by atoms with Gasteiger partial charge in [-0.05, 0) is 32.0 Å². The van der Waals surface area contributed by atoms with Gasteiger partial charge >= 0.3 is 17.9 Å². The Labute approximate surface area is 190 Å². The SMILES string of the molecule is CC1=C(C(=O)O)C(c2ccccc2F)C(C(=O)OCCOC(=O)c2ccccc2)=C(C)N1C. The molecule has 1 atom stereocenters. The highest BCUT2D eigenvalue weighted by Crippen LogP contribution is 2.42. The van der Waals surface area contributed by atoms with E-state index in [2.05, 4.69) is 0 Å². The van der Waals surface area contributed by atoms with Crippen LogP contribution in [0, 0.1) is 5.82 Å². The Morgan fingerprint density at radius 1 is 0.879 bits per heavy atom. The van der Waals surface area contributed by atoms with Crippen molar-refractivity contribution in [1.82, 2.24) is 4.90 Å². The zero-order chi connectivity index (χ0) is 24.1. The molecule has 1 unspecified atom stereocenters. The Bertz CT molecular complexity index is 1140. The van der Waals surface area contributed by atoms with Crippen molar-refractivity contribution < 1.29 is 33.4 Å². The van der Waals surface area contributed by atoms with Crippen LogP contribution in [0.5, 0.6) is 0 Å². The molecule has 3 rings (SSSR count). The van der Waals surface area contributed by atoms with Crippen molar-refractivity contribution in [3.63, 3.8) is 0 Å². The third-order valence-corrected chi connectivity index (χ3v) is 5.59. The fourth-order valence-electron chi connectivity index (χ4n) is 3.74. The lowest BCUT2D eigenvalue weighted by Gasteiger charge is -2.35. The Morgan fingerprint density at radius 3 is 2.03 bits per heavy atom. The zero-order valence-corrected chi connectivity index (χ0v) is 18.5. The van der Waals surface area contributed by atoms with E-state index < -0.39 is 29.6 Å². The summed E-state index contributed by atoms with van der Waals surface area (Å²) in [7, 11) is 1.63. The van der Waals surface area contributed by atoms with Crippen LogP contribution >= 0.6 is 0 Å². The number of hydrogen-bond acceptors (Lipinski definition) is 6. The van der Waals surface area contributed by atoms with Gasteiger partial charge in [-0.3, -0.25) is 0 Å². The van der Waals surface area contributed by atoms with Gasteiger partial charge in [0.15, 0.2) is 0 Å². The van der Waals surface area contributed by atoms with Crippen molar-refractivity contribution in [2.75, 3.05) is 20.3 Å². The predicted molar refractivity (Wildman–Crippen MR) is 118 cm³/mol. The van der Waals surface area contributed by atoms with Gasteiger partial charge in [0.25, 0.3) is 0 Å². The Kier molecular flexibility index (Phi) is 7.27. The third-order valence-electron chi connectivity index (χ3n) is 5.59. The van der Waals surface area contributed by atoms with Crippen LogP contribution in [0.25, 0.3) is 0 Å². The van der Waals surface area contributed by atoms with Crippen LogP contribution in [0.1, 0.15) is 35.7 Å².